The van der Waals surface area contributed by atoms with Crippen molar-refractivity contribution < 1.29 is 22.8 Å². The number of aromatic nitrogens is 1. The van der Waals surface area contributed by atoms with E-state index in [-0.39, 0.29) is 11.8 Å². The maximum absolute atomic E-state index is 13.2. The van der Waals surface area contributed by atoms with Gasteiger partial charge in [0, 0.05) is 81.2 Å². The number of rotatable bonds is 5. The number of hydrogen-bond acceptors (Lipinski definition) is 6. The van der Waals surface area contributed by atoms with Crippen molar-refractivity contribution in [3.8, 4) is 0 Å². The highest BCUT2D eigenvalue weighted by Gasteiger charge is 2.37. The van der Waals surface area contributed by atoms with Crippen molar-refractivity contribution in [2.24, 2.45) is 0 Å². The number of carbonyl (C=O) groups excluding carboxylic acids is 2. The number of alkyl halides is 3. The molecule has 0 atom stereocenters. The number of anilines is 1. The molecule has 6 rings (SSSR count). The molecule has 2 aromatic carbocycles. The van der Waals surface area contributed by atoms with Gasteiger partial charge >= 0.3 is 6.18 Å². The SMILES string of the molecule is O=C(c1ccc2c(c1)CCN2Cc1ccc(C(F)(F)F)cc1)N1CC(N2CCN(C(=O)c3nccs3)CC2)C1. The van der Waals surface area contributed by atoms with Crippen molar-refractivity contribution in [2.75, 3.05) is 50.7 Å². The van der Waals surface area contributed by atoms with Crippen LogP contribution in [0.5, 0.6) is 0 Å². The topological polar surface area (TPSA) is 60.0 Å². The third-order valence-electron chi connectivity index (χ3n) is 7.86. The van der Waals surface area contributed by atoms with Crippen LogP contribution in [-0.2, 0) is 19.1 Å². The van der Waals surface area contributed by atoms with E-state index < -0.39 is 11.7 Å². The zero-order valence-electron chi connectivity index (χ0n) is 21.2. The number of hydrogen-bond donors (Lipinski definition) is 0. The van der Waals surface area contributed by atoms with Crippen LogP contribution in [0.2, 0.25) is 0 Å². The molecule has 7 nitrogen and oxygen atoms in total. The van der Waals surface area contributed by atoms with Crippen molar-refractivity contribution in [3.63, 3.8) is 0 Å². The van der Waals surface area contributed by atoms with E-state index in [1.54, 1.807) is 6.20 Å². The van der Waals surface area contributed by atoms with Gasteiger partial charge in [-0.15, -0.1) is 11.3 Å². The minimum Gasteiger partial charge on any atom is -0.367 e. The summed E-state index contributed by atoms with van der Waals surface area (Å²) in [6, 6.07) is 11.4. The summed E-state index contributed by atoms with van der Waals surface area (Å²) >= 11 is 1.36. The molecule has 0 N–H and O–H groups in total. The molecular formula is C28H28F3N5O2S. The molecule has 204 valence electrons. The Kier molecular flexibility index (Phi) is 6.80. The molecular weight excluding hydrogens is 527 g/mol. The molecule has 0 spiro atoms. The lowest BCUT2D eigenvalue weighted by atomic mass is 10.0. The molecule has 11 heteroatoms. The van der Waals surface area contributed by atoms with Gasteiger partial charge in [-0.3, -0.25) is 14.5 Å². The second-order valence-electron chi connectivity index (χ2n) is 10.2. The Labute approximate surface area is 228 Å². The van der Waals surface area contributed by atoms with E-state index in [9.17, 15) is 22.8 Å². The fraction of sp³-hybridized carbons (Fsp3) is 0.393. The first kappa shape index (κ1) is 25.8. The Bertz CT molecular complexity index is 1350. The molecule has 4 heterocycles. The Morgan fingerprint density at radius 2 is 1.67 bits per heavy atom. The number of benzene rings is 2. The molecule has 0 saturated carbocycles. The van der Waals surface area contributed by atoms with Gasteiger partial charge in [0.15, 0.2) is 5.01 Å². The minimum atomic E-state index is -4.34. The lowest BCUT2D eigenvalue weighted by Gasteiger charge is -2.48. The summed E-state index contributed by atoms with van der Waals surface area (Å²) in [6.07, 6.45) is -1.89. The Balaban J connectivity index is 1.01. The van der Waals surface area contributed by atoms with E-state index in [4.69, 9.17) is 0 Å². The summed E-state index contributed by atoms with van der Waals surface area (Å²) < 4.78 is 38.6. The average molecular weight is 556 g/mol. The predicted molar refractivity (Wildman–Crippen MR) is 142 cm³/mol. The van der Waals surface area contributed by atoms with Gasteiger partial charge in [0.1, 0.15) is 0 Å². The van der Waals surface area contributed by atoms with Crippen molar-refractivity contribution in [3.05, 3.63) is 81.3 Å². The van der Waals surface area contributed by atoms with Crippen LogP contribution in [0.15, 0.2) is 54.0 Å². The highest BCUT2D eigenvalue weighted by atomic mass is 32.1. The molecule has 2 fully saturated rings. The monoisotopic (exact) mass is 555 g/mol. The summed E-state index contributed by atoms with van der Waals surface area (Å²) in [5.41, 5.74) is 2.95. The summed E-state index contributed by atoms with van der Waals surface area (Å²) in [5.74, 6) is 0.0115. The smallest absolute Gasteiger partial charge is 0.367 e. The number of fused-ring (bicyclic) bond motifs is 1. The average Bonchev–Trinajstić information content (AvgIpc) is 3.58. The molecule has 3 aliphatic rings. The predicted octanol–water partition coefficient (Wildman–Crippen LogP) is 4.01. The van der Waals surface area contributed by atoms with Crippen LogP contribution in [0.3, 0.4) is 0 Å². The maximum Gasteiger partial charge on any atom is 0.416 e. The third kappa shape index (κ3) is 5.25. The van der Waals surface area contributed by atoms with Gasteiger partial charge < -0.3 is 14.7 Å². The fourth-order valence-corrected chi connectivity index (χ4v) is 6.18. The van der Waals surface area contributed by atoms with Gasteiger partial charge in [-0.1, -0.05) is 12.1 Å². The van der Waals surface area contributed by atoms with E-state index in [1.165, 1.54) is 23.5 Å². The first-order valence-electron chi connectivity index (χ1n) is 13.0. The molecule has 0 aliphatic carbocycles. The normalized spacial score (nSPS) is 18.3. The summed E-state index contributed by atoms with van der Waals surface area (Å²) in [7, 11) is 0. The number of amides is 2. The molecule has 2 saturated heterocycles. The van der Waals surface area contributed by atoms with Crippen molar-refractivity contribution in [1.82, 2.24) is 19.7 Å². The molecule has 1 aromatic heterocycles. The van der Waals surface area contributed by atoms with Gasteiger partial charge in [0.2, 0.25) is 0 Å². The standard InChI is InChI=1S/C28H28F3N5O2S/c29-28(30,31)22-4-1-19(2-5-22)16-35-9-7-20-15-21(3-6-24(20)35)26(37)36-17-23(18-36)33-10-12-34(13-11-33)27(38)25-32-8-14-39-25/h1-6,8,14-15,23H,7,9-13,16-18H2. The summed E-state index contributed by atoms with van der Waals surface area (Å²) in [6.45, 7) is 5.54. The Morgan fingerprint density at radius 3 is 2.33 bits per heavy atom. The Hall–Kier alpha value is -3.44. The van der Waals surface area contributed by atoms with Crippen molar-refractivity contribution >= 4 is 28.8 Å². The first-order chi connectivity index (χ1) is 18.8. The number of carbonyl (C=O) groups is 2. The number of piperazine rings is 1. The largest absolute Gasteiger partial charge is 0.416 e. The number of thiazole rings is 1. The molecule has 3 aliphatic heterocycles. The minimum absolute atomic E-state index is 0.00963. The van der Waals surface area contributed by atoms with Gasteiger partial charge in [-0.05, 0) is 47.9 Å². The number of likely N-dealkylation sites (tertiary alicyclic amines) is 1. The van der Waals surface area contributed by atoms with Gasteiger partial charge in [0.05, 0.1) is 5.56 Å². The van der Waals surface area contributed by atoms with E-state index in [2.05, 4.69) is 14.8 Å². The van der Waals surface area contributed by atoms with E-state index >= 15 is 0 Å². The van der Waals surface area contributed by atoms with E-state index in [1.807, 2.05) is 33.4 Å². The zero-order valence-corrected chi connectivity index (χ0v) is 22.0. The fourth-order valence-electron chi connectivity index (χ4n) is 5.58. The van der Waals surface area contributed by atoms with Gasteiger partial charge in [-0.25, -0.2) is 4.98 Å². The second-order valence-corrected chi connectivity index (χ2v) is 11.1. The maximum atomic E-state index is 13.2. The second kappa shape index (κ2) is 10.3. The quantitative estimate of drug-likeness (QED) is 0.476. The third-order valence-corrected chi connectivity index (χ3v) is 8.62. The van der Waals surface area contributed by atoms with Crippen LogP contribution in [0.1, 0.15) is 36.9 Å². The van der Waals surface area contributed by atoms with E-state index in [0.29, 0.717) is 49.3 Å². The van der Waals surface area contributed by atoms with Crippen LogP contribution in [0.25, 0.3) is 0 Å². The molecule has 3 aromatic rings. The van der Waals surface area contributed by atoms with Crippen LogP contribution in [0, 0.1) is 0 Å². The van der Waals surface area contributed by atoms with Crippen LogP contribution < -0.4 is 4.90 Å². The summed E-state index contributed by atoms with van der Waals surface area (Å²) in [4.78, 5) is 38.0. The first-order valence-corrected chi connectivity index (χ1v) is 13.9. The number of nitrogens with zero attached hydrogens (tertiary/aromatic N) is 5. The Morgan fingerprint density at radius 1 is 0.923 bits per heavy atom. The van der Waals surface area contributed by atoms with Gasteiger partial charge in [0.25, 0.3) is 11.8 Å². The summed E-state index contributed by atoms with van der Waals surface area (Å²) in [5, 5.41) is 2.34. The lowest BCUT2D eigenvalue weighted by molar-refractivity contribution is -0.137. The number of halogens is 3. The van der Waals surface area contributed by atoms with Gasteiger partial charge in [-0.2, -0.15) is 13.2 Å². The van der Waals surface area contributed by atoms with Crippen LogP contribution in [-0.4, -0.2) is 83.4 Å². The molecule has 39 heavy (non-hydrogen) atoms. The molecule has 0 radical (unpaired) electrons. The molecule has 2 amide bonds. The molecule has 0 bridgehead atoms. The zero-order chi connectivity index (χ0) is 27.1. The highest BCUT2D eigenvalue weighted by Crippen LogP contribution is 2.33. The van der Waals surface area contributed by atoms with Crippen molar-refractivity contribution in [1.29, 1.82) is 0 Å². The van der Waals surface area contributed by atoms with Crippen LogP contribution in [0.4, 0.5) is 18.9 Å². The van der Waals surface area contributed by atoms with Crippen LogP contribution >= 0.6 is 11.3 Å². The molecule has 0 unspecified atom stereocenters. The van der Waals surface area contributed by atoms with Crippen molar-refractivity contribution in [2.45, 2.75) is 25.2 Å². The lowest BCUT2D eigenvalue weighted by Crippen LogP contribution is -2.64. The van der Waals surface area contributed by atoms with E-state index in [0.717, 1.165) is 55.0 Å². The highest BCUT2D eigenvalue weighted by molar-refractivity contribution is 7.11.